The molecule has 0 aliphatic rings. The van der Waals surface area contributed by atoms with Crippen LogP contribution in [0.3, 0.4) is 0 Å². The third-order valence-electron chi connectivity index (χ3n) is 1.67. The van der Waals surface area contributed by atoms with Crippen LogP contribution in [0.2, 0.25) is 5.02 Å². The SMILES string of the molecule is FC(F)(F)c1cc(Br)c(C(F)(F)F)cc1Cl. The van der Waals surface area contributed by atoms with Crippen molar-refractivity contribution < 1.29 is 26.3 Å². The van der Waals surface area contributed by atoms with Gasteiger partial charge in [-0.3, -0.25) is 0 Å². The molecular weight excluding hydrogens is 325 g/mol. The molecule has 0 nitrogen and oxygen atoms in total. The smallest absolute Gasteiger partial charge is 0.166 e. The molecule has 0 atom stereocenters. The van der Waals surface area contributed by atoms with Crippen LogP contribution in [0.4, 0.5) is 26.3 Å². The van der Waals surface area contributed by atoms with Crippen LogP contribution in [0.5, 0.6) is 0 Å². The van der Waals surface area contributed by atoms with Gasteiger partial charge in [0.2, 0.25) is 0 Å². The minimum Gasteiger partial charge on any atom is -0.166 e. The third kappa shape index (κ3) is 2.82. The number of hydrogen-bond acceptors (Lipinski definition) is 0. The lowest BCUT2D eigenvalue weighted by atomic mass is 10.1. The fourth-order valence-electron chi connectivity index (χ4n) is 0.981. The van der Waals surface area contributed by atoms with Crippen LogP contribution >= 0.6 is 27.5 Å². The molecule has 0 unspecified atom stereocenters. The second-order valence-corrected chi connectivity index (χ2v) is 4.07. The largest absolute Gasteiger partial charge is 0.417 e. The van der Waals surface area contributed by atoms with Crippen molar-refractivity contribution in [3.05, 3.63) is 32.8 Å². The average molecular weight is 327 g/mol. The molecule has 0 radical (unpaired) electrons. The predicted molar refractivity (Wildman–Crippen MR) is 49.2 cm³/mol. The Kier molecular flexibility index (Phi) is 3.50. The normalized spacial score (nSPS) is 13.0. The van der Waals surface area contributed by atoms with Crippen LogP contribution < -0.4 is 0 Å². The Balaban J connectivity index is 3.40. The lowest BCUT2D eigenvalue weighted by Gasteiger charge is -2.14. The van der Waals surface area contributed by atoms with Gasteiger partial charge in [-0.2, -0.15) is 26.3 Å². The minimum absolute atomic E-state index is 0.245. The molecule has 0 bridgehead atoms. The van der Waals surface area contributed by atoms with Gasteiger partial charge in [-0.15, -0.1) is 0 Å². The summed E-state index contributed by atoms with van der Waals surface area (Å²) in [6.45, 7) is 0. The zero-order valence-corrected chi connectivity index (χ0v) is 9.52. The van der Waals surface area contributed by atoms with Gasteiger partial charge in [0.1, 0.15) is 0 Å². The lowest BCUT2D eigenvalue weighted by Crippen LogP contribution is -2.11. The summed E-state index contributed by atoms with van der Waals surface area (Å²) in [6.07, 6.45) is -9.55. The zero-order chi connectivity index (χ0) is 12.7. The fraction of sp³-hybridized carbons (Fsp3) is 0.250. The monoisotopic (exact) mass is 326 g/mol. The summed E-state index contributed by atoms with van der Waals surface area (Å²) in [4.78, 5) is 0. The van der Waals surface area contributed by atoms with E-state index in [1.807, 2.05) is 0 Å². The molecule has 0 aromatic heterocycles. The number of alkyl halides is 6. The molecule has 16 heavy (non-hydrogen) atoms. The first-order valence-electron chi connectivity index (χ1n) is 3.67. The standard InChI is InChI=1S/C8H2BrClF6/c9-5-1-4(8(14,15)16)6(10)2-3(5)7(11,12)13/h1-2H. The van der Waals surface area contributed by atoms with E-state index in [9.17, 15) is 26.3 Å². The molecule has 0 saturated heterocycles. The summed E-state index contributed by atoms with van der Waals surface area (Å²) in [5.74, 6) is 0. The van der Waals surface area contributed by atoms with Gasteiger partial charge in [0.25, 0.3) is 0 Å². The highest BCUT2D eigenvalue weighted by Crippen LogP contribution is 2.42. The molecule has 0 heterocycles. The number of rotatable bonds is 0. The van der Waals surface area contributed by atoms with Crippen LogP contribution in [-0.2, 0) is 12.4 Å². The topological polar surface area (TPSA) is 0 Å². The molecule has 1 aromatic carbocycles. The van der Waals surface area contributed by atoms with E-state index < -0.39 is 33.0 Å². The summed E-state index contributed by atoms with van der Waals surface area (Å²) < 4.78 is 73.0. The summed E-state index contributed by atoms with van der Waals surface area (Å²) in [7, 11) is 0. The molecule has 1 aromatic rings. The Morgan fingerprint density at radius 2 is 1.31 bits per heavy atom. The molecule has 0 aliphatic heterocycles. The van der Waals surface area contributed by atoms with Crippen LogP contribution in [-0.4, -0.2) is 0 Å². The van der Waals surface area contributed by atoms with E-state index in [4.69, 9.17) is 11.6 Å². The van der Waals surface area contributed by atoms with Crippen molar-refractivity contribution in [1.29, 1.82) is 0 Å². The maximum absolute atomic E-state index is 12.3. The molecule has 0 aliphatic carbocycles. The van der Waals surface area contributed by atoms with E-state index in [-0.39, 0.29) is 6.07 Å². The highest BCUT2D eigenvalue weighted by atomic mass is 79.9. The molecular formula is C8H2BrClF6. The van der Waals surface area contributed by atoms with Crippen LogP contribution in [0.25, 0.3) is 0 Å². The van der Waals surface area contributed by atoms with Gasteiger partial charge >= 0.3 is 12.4 Å². The minimum atomic E-state index is -4.79. The Morgan fingerprint density at radius 1 is 0.875 bits per heavy atom. The first kappa shape index (κ1) is 13.6. The molecule has 0 spiro atoms. The van der Waals surface area contributed by atoms with Gasteiger partial charge < -0.3 is 0 Å². The van der Waals surface area contributed by atoms with E-state index in [1.165, 1.54) is 0 Å². The first-order chi connectivity index (χ1) is 7.03. The van der Waals surface area contributed by atoms with E-state index >= 15 is 0 Å². The van der Waals surface area contributed by atoms with Crippen LogP contribution in [0.15, 0.2) is 16.6 Å². The third-order valence-corrected chi connectivity index (χ3v) is 2.64. The second-order valence-electron chi connectivity index (χ2n) is 2.81. The van der Waals surface area contributed by atoms with Crippen molar-refractivity contribution in [3.8, 4) is 0 Å². The van der Waals surface area contributed by atoms with Crippen molar-refractivity contribution >= 4 is 27.5 Å². The predicted octanol–water partition coefficient (Wildman–Crippen LogP) is 5.14. The van der Waals surface area contributed by atoms with Gasteiger partial charge in [-0.05, 0) is 12.1 Å². The average Bonchev–Trinajstić information content (AvgIpc) is 2.04. The maximum Gasteiger partial charge on any atom is 0.417 e. The van der Waals surface area contributed by atoms with E-state index in [2.05, 4.69) is 15.9 Å². The zero-order valence-electron chi connectivity index (χ0n) is 7.18. The van der Waals surface area contributed by atoms with Crippen LogP contribution in [0, 0.1) is 0 Å². The van der Waals surface area contributed by atoms with Gasteiger partial charge in [0.05, 0.1) is 16.1 Å². The van der Waals surface area contributed by atoms with Crippen molar-refractivity contribution in [2.24, 2.45) is 0 Å². The summed E-state index contributed by atoms with van der Waals surface area (Å²) in [5.41, 5.74) is -2.56. The Hall–Kier alpha value is -0.430. The molecule has 0 fully saturated rings. The van der Waals surface area contributed by atoms with E-state index in [0.29, 0.717) is 6.07 Å². The van der Waals surface area contributed by atoms with Crippen molar-refractivity contribution in [3.63, 3.8) is 0 Å². The molecule has 8 heteroatoms. The first-order valence-corrected chi connectivity index (χ1v) is 4.84. The Bertz CT molecular complexity index is 368. The number of hydrogen-bond donors (Lipinski definition) is 0. The van der Waals surface area contributed by atoms with Crippen molar-refractivity contribution in [2.45, 2.75) is 12.4 Å². The fourth-order valence-corrected chi connectivity index (χ4v) is 1.82. The highest BCUT2D eigenvalue weighted by molar-refractivity contribution is 9.10. The molecule has 0 N–H and O–H groups in total. The maximum atomic E-state index is 12.3. The summed E-state index contributed by atoms with van der Waals surface area (Å²) in [5, 5.41) is -0.983. The van der Waals surface area contributed by atoms with E-state index in [1.54, 1.807) is 0 Å². The second kappa shape index (κ2) is 4.10. The quantitative estimate of drug-likeness (QED) is 0.579. The molecule has 0 amide bonds. The van der Waals surface area contributed by atoms with Gasteiger partial charge in [0.15, 0.2) is 0 Å². The summed E-state index contributed by atoms with van der Waals surface area (Å²) in [6, 6.07) is 0.555. The number of benzene rings is 1. The van der Waals surface area contributed by atoms with Crippen LogP contribution in [0.1, 0.15) is 11.1 Å². The van der Waals surface area contributed by atoms with E-state index in [0.717, 1.165) is 0 Å². The highest BCUT2D eigenvalue weighted by Gasteiger charge is 2.38. The Labute approximate surface area is 99.3 Å². The summed E-state index contributed by atoms with van der Waals surface area (Å²) >= 11 is 7.58. The van der Waals surface area contributed by atoms with Gasteiger partial charge in [0, 0.05) is 4.47 Å². The molecule has 0 saturated carbocycles. The van der Waals surface area contributed by atoms with Crippen molar-refractivity contribution in [1.82, 2.24) is 0 Å². The number of halogens is 8. The lowest BCUT2D eigenvalue weighted by molar-refractivity contribution is -0.141. The van der Waals surface area contributed by atoms with Gasteiger partial charge in [-0.25, -0.2) is 0 Å². The Morgan fingerprint density at radius 3 is 1.69 bits per heavy atom. The van der Waals surface area contributed by atoms with Crippen molar-refractivity contribution in [2.75, 3.05) is 0 Å². The molecule has 1 rings (SSSR count). The molecule has 90 valence electrons. The van der Waals surface area contributed by atoms with Gasteiger partial charge in [-0.1, -0.05) is 27.5 Å².